The number of amides is 1. The van der Waals surface area contributed by atoms with Crippen LogP contribution in [0.1, 0.15) is 38.1 Å². The summed E-state index contributed by atoms with van der Waals surface area (Å²) in [5, 5.41) is 12.4. The van der Waals surface area contributed by atoms with Crippen molar-refractivity contribution in [2.75, 3.05) is 12.3 Å². The van der Waals surface area contributed by atoms with Crippen molar-refractivity contribution in [1.29, 1.82) is 0 Å². The molecule has 0 fully saturated rings. The summed E-state index contributed by atoms with van der Waals surface area (Å²) >= 11 is 0. The molecule has 0 spiro atoms. The van der Waals surface area contributed by atoms with Gasteiger partial charge in [-0.2, -0.15) is 0 Å². The Morgan fingerprint density at radius 2 is 1.84 bits per heavy atom. The Bertz CT molecular complexity index is 434. The molecule has 1 aromatic carbocycles. The maximum absolute atomic E-state index is 12.0. The lowest BCUT2D eigenvalue weighted by molar-refractivity contribution is 0.0937. The summed E-state index contributed by atoms with van der Waals surface area (Å²) in [5.41, 5.74) is 6.21. The highest BCUT2D eigenvalue weighted by molar-refractivity contribution is 5.95. The third-order valence-corrected chi connectivity index (χ3v) is 3.50. The van der Waals surface area contributed by atoms with Crippen molar-refractivity contribution in [2.24, 2.45) is 17.8 Å². The number of aromatic hydroxyl groups is 1. The van der Waals surface area contributed by atoms with E-state index in [-0.39, 0.29) is 17.3 Å². The molecule has 0 atom stereocenters. The van der Waals surface area contributed by atoms with Gasteiger partial charge in [-0.15, -0.1) is 0 Å². The lowest BCUT2D eigenvalue weighted by atomic mass is 9.85. The minimum absolute atomic E-state index is 0.0584. The van der Waals surface area contributed by atoms with Crippen molar-refractivity contribution in [3.8, 4) is 5.75 Å². The average molecular weight is 264 g/mol. The highest BCUT2D eigenvalue weighted by Crippen LogP contribution is 2.22. The molecule has 0 unspecified atom stereocenters. The van der Waals surface area contributed by atoms with Gasteiger partial charge in [-0.1, -0.05) is 27.7 Å². The van der Waals surface area contributed by atoms with Crippen LogP contribution in [0.15, 0.2) is 18.2 Å². The fourth-order valence-electron chi connectivity index (χ4n) is 2.24. The number of rotatable bonds is 5. The van der Waals surface area contributed by atoms with Crippen LogP contribution < -0.4 is 11.1 Å². The van der Waals surface area contributed by atoms with Crippen molar-refractivity contribution < 1.29 is 9.90 Å². The van der Waals surface area contributed by atoms with Gasteiger partial charge in [0.25, 0.3) is 5.91 Å². The van der Waals surface area contributed by atoms with E-state index >= 15 is 0 Å². The fourth-order valence-corrected chi connectivity index (χ4v) is 2.24. The monoisotopic (exact) mass is 264 g/mol. The number of nitrogens with two attached hydrogens (primary N) is 1. The van der Waals surface area contributed by atoms with E-state index in [1.165, 1.54) is 12.1 Å². The molecule has 1 amide bonds. The number of nitrogens with one attached hydrogen (secondary N) is 1. The molecule has 19 heavy (non-hydrogen) atoms. The van der Waals surface area contributed by atoms with Crippen LogP contribution in [0.3, 0.4) is 0 Å². The summed E-state index contributed by atoms with van der Waals surface area (Å²) in [6.07, 6.45) is 0. The molecule has 4 heteroatoms. The molecule has 0 aromatic heterocycles. The number of hydrogen-bond acceptors (Lipinski definition) is 3. The zero-order chi connectivity index (χ0) is 14.6. The summed E-state index contributed by atoms with van der Waals surface area (Å²) in [4.78, 5) is 12.0. The molecule has 0 radical (unpaired) electrons. The van der Waals surface area contributed by atoms with Crippen LogP contribution in [0, 0.1) is 17.8 Å². The van der Waals surface area contributed by atoms with Gasteiger partial charge in [-0.05, 0) is 36.0 Å². The molecule has 4 nitrogen and oxygen atoms in total. The molecule has 0 heterocycles. The minimum atomic E-state index is -0.179. The first kappa shape index (κ1) is 15.3. The van der Waals surface area contributed by atoms with Crippen LogP contribution in [0.25, 0.3) is 0 Å². The molecule has 106 valence electrons. The molecule has 0 aliphatic rings. The van der Waals surface area contributed by atoms with Crippen molar-refractivity contribution in [3.63, 3.8) is 0 Å². The number of hydrogen-bond donors (Lipinski definition) is 3. The summed E-state index contributed by atoms with van der Waals surface area (Å²) in [6, 6.07) is 4.54. The first-order valence-electron chi connectivity index (χ1n) is 6.69. The standard InChI is InChI=1S/C15H24N2O2/c1-9(2)12(10(3)4)8-17-15(19)11-5-6-13(16)14(18)7-11/h5-7,9-10,12,18H,8,16H2,1-4H3,(H,17,19). The zero-order valence-corrected chi connectivity index (χ0v) is 12.1. The van der Waals surface area contributed by atoms with Crippen LogP contribution in [0.2, 0.25) is 0 Å². The Balaban J connectivity index is 2.66. The summed E-state index contributed by atoms with van der Waals surface area (Å²) in [7, 11) is 0. The molecular weight excluding hydrogens is 240 g/mol. The van der Waals surface area contributed by atoms with Gasteiger partial charge >= 0.3 is 0 Å². The molecule has 4 N–H and O–H groups in total. The average Bonchev–Trinajstić information content (AvgIpc) is 2.31. The molecule has 0 bridgehead atoms. The Kier molecular flexibility index (Phi) is 5.21. The van der Waals surface area contributed by atoms with E-state index in [9.17, 15) is 9.90 Å². The van der Waals surface area contributed by atoms with E-state index in [2.05, 4.69) is 33.0 Å². The predicted molar refractivity (Wildman–Crippen MR) is 78.0 cm³/mol. The summed E-state index contributed by atoms with van der Waals surface area (Å²) in [6.45, 7) is 9.27. The van der Waals surface area contributed by atoms with E-state index in [0.29, 0.717) is 29.9 Å². The van der Waals surface area contributed by atoms with Crippen LogP contribution in [-0.4, -0.2) is 17.6 Å². The van der Waals surface area contributed by atoms with Gasteiger partial charge in [0.1, 0.15) is 5.75 Å². The lowest BCUT2D eigenvalue weighted by Gasteiger charge is -2.25. The van der Waals surface area contributed by atoms with Gasteiger partial charge in [0.15, 0.2) is 0 Å². The largest absolute Gasteiger partial charge is 0.506 e. The number of phenols is 1. The van der Waals surface area contributed by atoms with Crippen LogP contribution in [0.5, 0.6) is 5.75 Å². The summed E-state index contributed by atoms with van der Waals surface area (Å²) in [5.74, 6) is 1.23. The van der Waals surface area contributed by atoms with Crippen LogP contribution in [-0.2, 0) is 0 Å². The van der Waals surface area contributed by atoms with Gasteiger partial charge in [0.05, 0.1) is 5.69 Å². The van der Waals surface area contributed by atoms with Crippen molar-refractivity contribution >= 4 is 11.6 Å². The summed E-state index contributed by atoms with van der Waals surface area (Å²) < 4.78 is 0. The van der Waals surface area contributed by atoms with Gasteiger partial charge in [-0.3, -0.25) is 4.79 Å². The number of phenolic OH excluding ortho intramolecular Hbond substituents is 1. The van der Waals surface area contributed by atoms with Gasteiger partial charge in [-0.25, -0.2) is 0 Å². The van der Waals surface area contributed by atoms with Crippen molar-refractivity contribution in [2.45, 2.75) is 27.7 Å². The van der Waals surface area contributed by atoms with Gasteiger partial charge in [0, 0.05) is 12.1 Å². The number of nitrogen functional groups attached to an aromatic ring is 1. The number of anilines is 1. The fraction of sp³-hybridized carbons (Fsp3) is 0.533. The van der Waals surface area contributed by atoms with E-state index in [1.54, 1.807) is 6.07 Å². The first-order valence-corrected chi connectivity index (χ1v) is 6.69. The Labute approximate surface area is 115 Å². The normalized spacial score (nSPS) is 11.3. The minimum Gasteiger partial charge on any atom is -0.506 e. The second-order valence-electron chi connectivity index (χ2n) is 5.64. The SMILES string of the molecule is CC(C)C(CNC(=O)c1ccc(N)c(O)c1)C(C)C. The second-order valence-corrected chi connectivity index (χ2v) is 5.64. The molecule has 1 aromatic rings. The predicted octanol–water partition coefficient (Wildman–Crippen LogP) is 2.63. The smallest absolute Gasteiger partial charge is 0.251 e. The first-order chi connectivity index (χ1) is 8.82. The van der Waals surface area contributed by atoms with Crippen LogP contribution in [0.4, 0.5) is 5.69 Å². The van der Waals surface area contributed by atoms with Gasteiger partial charge < -0.3 is 16.2 Å². The molecule has 0 aliphatic carbocycles. The topological polar surface area (TPSA) is 75.4 Å². The van der Waals surface area contributed by atoms with Gasteiger partial charge in [0.2, 0.25) is 0 Å². The maximum atomic E-state index is 12.0. The highest BCUT2D eigenvalue weighted by Gasteiger charge is 2.18. The number of benzene rings is 1. The molecule has 0 saturated carbocycles. The zero-order valence-electron chi connectivity index (χ0n) is 12.1. The number of carbonyl (C=O) groups is 1. The highest BCUT2D eigenvalue weighted by atomic mass is 16.3. The lowest BCUT2D eigenvalue weighted by Crippen LogP contribution is -2.33. The third-order valence-electron chi connectivity index (χ3n) is 3.50. The third kappa shape index (κ3) is 4.16. The quantitative estimate of drug-likeness (QED) is 0.565. The Hall–Kier alpha value is -1.71. The molecule has 1 rings (SSSR count). The van der Waals surface area contributed by atoms with E-state index < -0.39 is 0 Å². The Morgan fingerprint density at radius 3 is 2.32 bits per heavy atom. The number of carbonyl (C=O) groups excluding carboxylic acids is 1. The molecular formula is C15H24N2O2. The molecule has 0 saturated heterocycles. The van der Waals surface area contributed by atoms with E-state index in [1.807, 2.05) is 0 Å². The van der Waals surface area contributed by atoms with Crippen LogP contribution >= 0.6 is 0 Å². The molecule has 0 aliphatic heterocycles. The Morgan fingerprint density at radius 1 is 1.26 bits per heavy atom. The second kappa shape index (κ2) is 6.45. The maximum Gasteiger partial charge on any atom is 0.251 e. The van der Waals surface area contributed by atoms with E-state index in [4.69, 9.17) is 5.73 Å². The van der Waals surface area contributed by atoms with Crippen molar-refractivity contribution in [3.05, 3.63) is 23.8 Å². The van der Waals surface area contributed by atoms with Crippen molar-refractivity contribution in [1.82, 2.24) is 5.32 Å². The van der Waals surface area contributed by atoms with E-state index in [0.717, 1.165) is 0 Å².